The summed E-state index contributed by atoms with van der Waals surface area (Å²) in [6.45, 7) is 1.43. The van der Waals surface area contributed by atoms with E-state index in [-0.39, 0.29) is 11.7 Å². The summed E-state index contributed by atoms with van der Waals surface area (Å²) >= 11 is 1.40. The first-order valence-electron chi connectivity index (χ1n) is 5.09. The van der Waals surface area contributed by atoms with Crippen molar-refractivity contribution in [2.45, 2.75) is 18.7 Å². The van der Waals surface area contributed by atoms with Crippen molar-refractivity contribution in [3.05, 3.63) is 30.1 Å². The first-order valence-corrected chi connectivity index (χ1v) is 6.25. The Hall–Kier alpha value is -1.56. The third kappa shape index (κ3) is 5.35. The SMILES string of the molecule is CC(NC(=O)CSCc1ccccn1)C(=O)O. The number of carbonyl (C=O) groups excluding carboxylic acids is 1. The van der Waals surface area contributed by atoms with Crippen LogP contribution in [0.3, 0.4) is 0 Å². The van der Waals surface area contributed by atoms with Gasteiger partial charge in [0.05, 0.1) is 11.4 Å². The number of nitrogens with one attached hydrogen (secondary N) is 1. The van der Waals surface area contributed by atoms with Crippen LogP contribution in [0.15, 0.2) is 24.4 Å². The van der Waals surface area contributed by atoms with Crippen LogP contribution in [0.5, 0.6) is 0 Å². The van der Waals surface area contributed by atoms with E-state index in [0.29, 0.717) is 5.75 Å². The van der Waals surface area contributed by atoms with E-state index >= 15 is 0 Å². The maximum absolute atomic E-state index is 11.3. The molecule has 0 aliphatic rings. The third-order valence-corrected chi connectivity index (χ3v) is 2.92. The molecular weight excluding hydrogens is 240 g/mol. The topological polar surface area (TPSA) is 79.3 Å². The molecule has 0 spiro atoms. The first kappa shape index (κ1) is 13.5. The lowest BCUT2D eigenvalue weighted by atomic mass is 10.3. The number of aliphatic carboxylic acids is 1. The Morgan fingerprint density at radius 1 is 1.53 bits per heavy atom. The van der Waals surface area contributed by atoms with Gasteiger partial charge >= 0.3 is 5.97 Å². The van der Waals surface area contributed by atoms with E-state index in [9.17, 15) is 9.59 Å². The summed E-state index contributed by atoms with van der Waals surface area (Å²) in [6, 6.07) is 4.74. The number of carbonyl (C=O) groups is 2. The van der Waals surface area contributed by atoms with Gasteiger partial charge in [-0.1, -0.05) is 6.07 Å². The predicted molar refractivity (Wildman–Crippen MR) is 65.6 cm³/mol. The Balaban J connectivity index is 2.23. The molecule has 1 atom stereocenters. The lowest BCUT2D eigenvalue weighted by Gasteiger charge is -2.08. The summed E-state index contributed by atoms with van der Waals surface area (Å²) < 4.78 is 0. The fourth-order valence-electron chi connectivity index (χ4n) is 1.08. The standard InChI is InChI=1S/C11H14N2O3S/c1-8(11(15)16)13-10(14)7-17-6-9-4-2-3-5-12-9/h2-5,8H,6-7H2,1H3,(H,13,14)(H,15,16). The molecular formula is C11H14N2O3S. The van der Waals surface area contributed by atoms with Crippen molar-refractivity contribution in [3.63, 3.8) is 0 Å². The van der Waals surface area contributed by atoms with E-state index in [1.54, 1.807) is 6.20 Å². The van der Waals surface area contributed by atoms with Crippen molar-refractivity contribution in [3.8, 4) is 0 Å². The highest BCUT2D eigenvalue weighted by atomic mass is 32.2. The van der Waals surface area contributed by atoms with Crippen LogP contribution in [0.4, 0.5) is 0 Å². The van der Waals surface area contributed by atoms with Gasteiger partial charge in [0.2, 0.25) is 5.91 Å². The molecule has 0 fully saturated rings. The number of hydrogen-bond acceptors (Lipinski definition) is 4. The highest BCUT2D eigenvalue weighted by Crippen LogP contribution is 2.08. The number of aromatic nitrogens is 1. The number of pyridine rings is 1. The van der Waals surface area contributed by atoms with Crippen molar-refractivity contribution >= 4 is 23.6 Å². The number of thioether (sulfide) groups is 1. The zero-order valence-electron chi connectivity index (χ0n) is 9.42. The molecule has 0 bridgehead atoms. The van der Waals surface area contributed by atoms with E-state index in [1.807, 2.05) is 18.2 Å². The highest BCUT2D eigenvalue weighted by molar-refractivity contribution is 7.99. The molecule has 92 valence electrons. The van der Waals surface area contributed by atoms with Crippen LogP contribution in [-0.4, -0.2) is 33.8 Å². The maximum atomic E-state index is 11.3. The van der Waals surface area contributed by atoms with Crippen molar-refractivity contribution in [2.75, 3.05) is 5.75 Å². The molecule has 6 heteroatoms. The number of amides is 1. The Kier molecular flexibility index (Phi) is 5.48. The van der Waals surface area contributed by atoms with Gasteiger partial charge in [-0.05, 0) is 19.1 Å². The molecule has 1 heterocycles. The Morgan fingerprint density at radius 2 is 2.29 bits per heavy atom. The zero-order chi connectivity index (χ0) is 12.7. The van der Waals surface area contributed by atoms with Gasteiger partial charge in [-0.3, -0.25) is 14.6 Å². The summed E-state index contributed by atoms with van der Waals surface area (Å²) in [5.41, 5.74) is 0.900. The molecule has 1 unspecified atom stereocenters. The Labute approximate surface area is 104 Å². The number of carboxylic acid groups (broad SMARTS) is 1. The molecule has 0 radical (unpaired) electrons. The average Bonchev–Trinajstić information content (AvgIpc) is 2.30. The number of nitrogens with zero attached hydrogens (tertiary/aromatic N) is 1. The molecule has 1 rings (SSSR count). The second-order valence-corrected chi connectivity index (χ2v) is 4.43. The van der Waals surface area contributed by atoms with Crippen LogP contribution < -0.4 is 5.32 Å². The monoisotopic (exact) mass is 254 g/mol. The van der Waals surface area contributed by atoms with Gasteiger partial charge in [0, 0.05) is 11.9 Å². The molecule has 2 N–H and O–H groups in total. The van der Waals surface area contributed by atoms with Crippen LogP contribution in [-0.2, 0) is 15.3 Å². The Morgan fingerprint density at radius 3 is 2.88 bits per heavy atom. The highest BCUT2D eigenvalue weighted by Gasteiger charge is 2.13. The molecule has 0 aromatic carbocycles. The van der Waals surface area contributed by atoms with Gasteiger partial charge in [0.25, 0.3) is 0 Å². The summed E-state index contributed by atoms with van der Waals surface area (Å²) in [5.74, 6) is -0.446. The minimum Gasteiger partial charge on any atom is -0.480 e. The van der Waals surface area contributed by atoms with Gasteiger partial charge in [-0.15, -0.1) is 11.8 Å². The average molecular weight is 254 g/mol. The molecule has 1 aromatic rings. The largest absolute Gasteiger partial charge is 0.480 e. The number of hydrogen-bond donors (Lipinski definition) is 2. The van der Waals surface area contributed by atoms with Crippen molar-refractivity contribution < 1.29 is 14.7 Å². The van der Waals surface area contributed by atoms with Gasteiger partial charge < -0.3 is 10.4 Å². The molecule has 1 aromatic heterocycles. The summed E-state index contributed by atoms with van der Waals surface area (Å²) in [7, 11) is 0. The molecule has 1 amide bonds. The van der Waals surface area contributed by atoms with Crippen LogP contribution >= 0.6 is 11.8 Å². The van der Waals surface area contributed by atoms with Gasteiger partial charge in [0.1, 0.15) is 6.04 Å². The molecule has 0 aliphatic heterocycles. The van der Waals surface area contributed by atoms with Crippen LogP contribution in [0.25, 0.3) is 0 Å². The maximum Gasteiger partial charge on any atom is 0.325 e. The fraction of sp³-hybridized carbons (Fsp3) is 0.364. The lowest BCUT2D eigenvalue weighted by molar-refractivity contribution is -0.140. The number of carboxylic acids is 1. The summed E-state index contributed by atoms with van der Waals surface area (Å²) in [6.07, 6.45) is 1.70. The van der Waals surface area contributed by atoms with Crippen molar-refractivity contribution in [1.82, 2.24) is 10.3 Å². The van der Waals surface area contributed by atoms with Gasteiger partial charge in [0.15, 0.2) is 0 Å². The minimum absolute atomic E-state index is 0.230. The van der Waals surface area contributed by atoms with Crippen molar-refractivity contribution in [1.29, 1.82) is 0 Å². The molecule has 0 saturated heterocycles. The zero-order valence-corrected chi connectivity index (χ0v) is 10.2. The second kappa shape index (κ2) is 6.90. The Bertz CT molecular complexity index is 384. The van der Waals surface area contributed by atoms with Crippen molar-refractivity contribution in [2.24, 2.45) is 0 Å². The lowest BCUT2D eigenvalue weighted by Crippen LogP contribution is -2.39. The quantitative estimate of drug-likeness (QED) is 0.788. The van der Waals surface area contributed by atoms with Crippen LogP contribution in [0, 0.1) is 0 Å². The summed E-state index contributed by atoms with van der Waals surface area (Å²) in [5, 5.41) is 11.0. The van der Waals surface area contributed by atoms with E-state index in [2.05, 4.69) is 10.3 Å². The fourth-order valence-corrected chi connectivity index (χ4v) is 1.83. The normalized spacial score (nSPS) is 11.8. The second-order valence-electron chi connectivity index (χ2n) is 3.44. The van der Waals surface area contributed by atoms with E-state index in [0.717, 1.165) is 5.69 Å². The smallest absolute Gasteiger partial charge is 0.325 e. The van der Waals surface area contributed by atoms with E-state index < -0.39 is 12.0 Å². The first-order chi connectivity index (χ1) is 8.09. The molecule has 0 aliphatic carbocycles. The van der Waals surface area contributed by atoms with E-state index in [4.69, 9.17) is 5.11 Å². The van der Waals surface area contributed by atoms with Gasteiger partial charge in [-0.25, -0.2) is 0 Å². The predicted octanol–water partition coefficient (Wildman–Crippen LogP) is 0.904. The molecule has 17 heavy (non-hydrogen) atoms. The van der Waals surface area contributed by atoms with Crippen LogP contribution in [0.2, 0.25) is 0 Å². The van der Waals surface area contributed by atoms with Gasteiger partial charge in [-0.2, -0.15) is 0 Å². The van der Waals surface area contributed by atoms with E-state index in [1.165, 1.54) is 18.7 Å². The number of rotatable bonds is 6. The molecule has 5 nitrogen and oxygen atoms in total. The molecule has 0 saturated carbocycles. The third-order valence-electron chi connectivity index (χ3n) is 1.96. The van der Waals surface area contributed by atoms with Crippen LogP contribution in [0.1, 0.15) is 12.6 Å². The minimum atomic E-state index is -1.03. The summed E-state index contributed by atoms with van der Waals surface area (Å²) in [4.78, 5) is 25.9.